The largest absolute Gasteiger partial charge is 0.487 e. The van der Waals surface area contributed by atoms with Crippen molar-refractivity contribution >= 4 is 12.0 Å². The molecule has 0 aliphatic carbocycles. The number of aliphatic carboxylic acids is 1. The van der Waals surface area contributed by atoms with Gasteiger partial charge in [0, 0.05) is 13.1 Å². The van der Waals surface area contributed by atoms with Crippen LogP contribution in [0.25, 0.3) is 6.08 Å². The fourth-order valence-electron chi connectivity index (χ4n) is 1.83. The molecule has 1 N–H and O–H groups in total. The molecule has 0 amide bonds. The highest BCUT2D eigenvalue weighted by Gasteiger charge is 2.03. The van der Waals surface area contributed by atoms with Crippen molar-refractivity contribution in [2.45, 2.75) is 13.5 Å². The van der Waals surface area contributed by atoms with Crippen molar-refractivity contribution < 1.29 is 14.6 Å². The summed E-state index contributed by atoms with van der Waals surface area (Å²) < 4.78 is 7.47. The Morgan fingerprint density at radius 2 is 2.25 bits per heavy atom. The number of aromatic nitrogens is 2. The lowest BCUT2D eigenvalue weighted by molar-refractivity contribution is -0.131. The number of rotatable bonds is 5. The van der Waals surface area contributed by atoms with Gasteiger partial charge in [0.25, 0.3) is 0 Å². The molecule has 2 rings (SSSR count). The number of hydrogen-bond acceptors (Lipinski definition) is 3. The molecule has 0 saturated carbocycles. The predicted octanol–water partition coefficient (Wildman–Crippen LogP) is 2.41. The maximum atomic E-state index is 10.5. The van der Waals surface area contributed by atoms with E-state index in [0.717, 1.165) is 23.0 Å². The molecule has 0 saturated heterocycles. The summed E-state index contributed by atoms with van der Waals surface area (Å²) in [7, 11) is 1.87. The van der Waals surface area contributed by atoms with Crippen molar-refractivity contribution in [3.05, 3.63) is 53.4 Å². The number of ether oxygens (including phenoxy) is 1. The fourth-order valence-corrected chi connectivity index (χ4v) is 1.83. The third kappa shape index (κ3) is 3.71. The molecular weight excluding hydrogens is 256 g/mol. The van der Waals surface area contributed by atoms with Gasteiger partial charge in [-0.15, -0.1) is 0 Å². The number of hydrogen-bond donors (Lipinski definition) is 1. The summed E-state index contributed by atoms with van der Waals surface area (Å²) >= 11 is 0. The smallest absolute Gasteiger partial charge is 0.328 e. The van der Waals surface area contributed by atoms with Crippen LogP contribution in [0, 0.1) is 6.92 Å². The Morgan fingerprint density at radius 3 is 2.90 bits per heavy atom. The van der Waals surface area contributed by atoms with Crippen LogP contribution in [0.4, 0.5) is 0 Å². The first-order valence-electron chi connectivity index (χ1n) is 6.18. The Labute approximate surface area is 117 Å². The van der Waals surface area contributed by atoms with Gasteiger partial charge in [-0.3, -0.25) is 4.68 Å². The van der Waals surface area contributed by atoms with Crippen molar-refractivity contribution in [1.29, 1.82) is 0 Å². The minimum Gasteiger partial charge on any atom is -0.487 e. The number of benzene rings is 1. The number of aryl methyl sites for hydroxylation is 2. The van der Waals surface area contributed by atoms with Gasteiger partial charge in [-0.25, -0.2) is 4.79 Å². The molecule has 0 radical (unpaired) electrons. The van der Waals surface area contributed by atoms with Crippen molar-refractivity contribution in [1.82, 2.24) is 9.78 Å². The minimum atomic E-state index is -0.971. The van der Waals surface area contributed by atoms with E-state index < -0.39 is 5.97 Å². The molecule has 1 heterocycles. The Bertz CT molecular complexity index is 644. The van der Waals surface area contributed by atoms with Crippen molar-refractivity contribution in [2.24, 2.45) is 7.05 Å². The van der Waals surface area contributed by atoms with Gasteiger partial charge in [-0.05, 0) is 36.8 Å². The van der Waals surface area contributed by atoms with Crippen LogP contribution in [0.3, 0.4) is 0 Å². The zero-order valence-electron chi connectivity index (χ0n) is 11.4. The lowest BCUT2D eigenvalue weighted by Crippen LogP contribution is -2.03. The molecule has 0 atom stereocenters. The Morgan fingerprint density at radius 1 is 1.45 bits per heavy atom. The lowest BCUT2D eigenvalue weighted by atomic mass is 10.2. The molecule has 5 nitrogen and oxygen atoms in total. The lowest BCUT2D eigenvalue weighted by Gasteiger charge is -2.07. The summed E-state index contributed by atoms with van der Waals surface area (Å²) in [4.78, 5) is 10.5. The number of carboxylic acid groups (broad SMARTS) is 1. The van der Waals surface area contributed by atoms with Gasteiger partial charge in [0.15, 0.2) is 0 Å². The molecule has 0 unspecified atom stereocenters. The van der Waals surface area contributed by atoms with Crippen molar-refractivity contribution in [3.8, 4) is 5.75 Å². The molecule has 5 heteroatoms. The Balaban J connectivity index is 2.04. The second-order valence-corrected chi connectivity index (χ2v) is 4.43. The standard InChI is InChI=1S/C15H16N2O3/c1-11-8-13(17(2)16-11)10-20-14-5-3-4-12(9-14)6-7-15(18)19/h3-9H,10H2,1-2H3,(H,18,19). The normalized spacial score (nSPS) is 10.9. The highest BCUT2D eigenvalue weighted by Crippen LogP contribution is 2.16. The maximum absolute atomic E-state index is 10.5. The van der Waals surface area contributed by atoms with E-state index in [1.165, 1.54) is 6.08 Å². The van der Waals surface area contributed by atoms with Crippen LogP contribution < -0.4 is 4.74 Å². The Kier molecular flexibility index (Phi) is 4.20. The van der Waals surface area contributed by atoms with Crippen LogP contribution in [0.5, 0.6) is 5.75 Å². The highest BCUT2D eigenvalue weighted by atomic mass is 16.5. The zero-order valence-corrected chi connectivity index (χ0v) is 11.4. The van der Waals surface area contributed by atoms with Crippen LogP contribution in [-0.2, 0) is 18.4 Å². The van der Waals surface area contributed by atoms with Gasteiger partial charge in [0.1, 0.15) is 12.4 Å². The molecule has 1 aromatic heterocycles. The van der Waals surface area contributed by atoms with Gasteiger partial charge < -0.3 is 9.84 Å². The van der Waals surface area contributed by atoms with E-state index in [1.807, 2.05) is 38.2 Å². The third-order valence-corrected chi connectivity index (χ3v) is 2.76. The first-order valence-corrected chi connectivity index (χ1v) is 6.18. The number of carbonyl (C=O) groups is 1. The molecule has 0 bridgehead atoms. The van der Waals surface area contributed by atoms with E-state index in [4.69, 9.17) is 9.84 Å². The minimum absolute atomic E-state index is 0.420. The number of nitrogens with zero attached hydrogens (tertiary/aromatic N) is 2. The highest BCUT2D eigenvalue weighted by molar-refractivity contribution is 5.85. The van der Waals surface area contributed by atoms with Crippen molar-refractivity contribution in [3.63, 3.8) is 0 Å². The van der Waals surface area contributed by atoms with Crippen LogP contribution in [0.15, 0.2) is 36.4 Å². The van der Waals surface area contributed by atoms with Gasteiger partial charge in [0.2, 0.25) is 0 Å². The second kappa shape index (κ2) is 6.06. The first kappa shape index (κ1) is 13.9. The van der Waals surface area contributed by atoms with Gasteiger partial charge >= 0.3 is 5.97 Å². The van der Waals surface area contributed by atoms with E-state index >= 15 is 0 Å². The maximum Gasteiger partial charge on any atom is 0.328 e. The zero-order chi connectivity index (χ0) is 14.5. The van der Waals surface area contributed by atoms with Gasteiger partial charge in [-0.1, -0.05) is 12.1 Å². The summed E-state index contributed by atoms with van der Waals surface area (Å²) in [6, 6.07) is 9.24. The summed E-state index contributed by atoms with van der Waals surface area (Å²) in [6.07, 6.45) is 2.63. The first-order chi connectivity index (χ1) is 9.54. The third-order valence-electron chi connectivity index (χ3n) is 2.76. The monoisotopic (exact) mass is 272 g/mol. The SMILES string of the molecule is Cc1cc(COc2cccc(C=CC(=O)O)c2)n(C)n1. The quantitative estimate of drug-likeness (QED) is 0.849. The molecule has 20 heavy (non-hydrogen) atoms. The molecule has 0 fully saturated rings. The van der Waals surface area contributed by atoms with E-state index in [1.54, 1.807) is 10.7 Å². The molecule has 2 aromatic rings. The number of carboxylic acids is 1. The summed E-state index contributed by atoms with van der Waals surface area (Å²) in [6.45, 7) is 2.35. The van der Waals surface area contributed by atoms with E-state index in [-0.39, 0.29) is 0 Å². The van der Waals surface area contributed by atoms with Crippen LogP contribution in [0.1, 0.15) is 17.0 Å². The summed E-state index contributed by atoms with van der Waals surface area (Å²) in [5, 5.41) is 12.9. The molecule has 104 valence electrons. The van der Waals surface area contributed by atoms with Crippen LogP contribution in [-0.4, -0.2) is 20.9 Å². The molecule has 0 spiro atoms. The Hall–Kier alpha value is -2.56. The molecule has 0 aliphatic rings. The summed E-state index contributed by atoms with van der Waals surface area (Å²) in [5.41, 5.74) is 2.71. The van der Waals surface area contributed by atoms with Crippen LogP contribution in [0.2, 0.25) is 0 Å². The average molecular weight is 272 g/mol. The van der Waals surface area contributed by atoms with E-state index in [0.29, 0.717) is 12.4 Å². The molecule has 0 aliphatic heterocycles. The molecular formula is C15H16N2O3. The van der Waals surface area contributed by atoms with Crippen molar-refractivity contribution in [2.75, 3.05) is 0 Å². The summed E-state index contributed by atoms with van der Waals surface area (Å²) in [5.74, 6) is -0.280. The van der Waals surface area contributed by atoms with Gasteiger partial charge in [-0.2, -0.15) is 5.10 Å². The van der Waals surface area contributed by atoms with Gasteiger partial charge in [0.05, 0.1) is 11.4 Å². The second-order valence-electron chi connectivity index (χ2n) is 4.43. The molecule has 1 aromatic carbocycles. The fraction of sp³-hybridized carbons (Fsp3) is 0.200. The van der Waals surface area contributed by atoms with Crippen LogP contribution >= 0.6 is 0 Å². The topological polar surface area (TPSA) is 64.3 Å². The predicted molar refractivity (Wildman–Crippen MR) is 75.4 cm³/mol. The average Bonchev–Trinajstić information content (AvgIpc) is 2.73. The van der Waals surface area contributed by atoms with E-state index in [2.05, 4.69) is 5.10 Å². The van der Waals surface area contributed by atoms with E-state index in [9.17, 15) is 4.79 Å².